The molecular weight excluding hydrogens is 316 g/mol. The van der Waals surface area contributed by atoms with E-state index in [1.54, 1.807) is 23.9 Å². The van der Waals surface area contributed by atoms with Crippen molar-refractivity contribution in [1.82, 2.24) is 0 Å². The van der Waals surface area contributed by atoms with Gasteiger partial charge in [0, 0.05) is 21.7 Å². The van der Waals surface area contributed by atoms with Crippen molar-refractivity contribution in [2.24, 2.45) is 5.73 Å². The molecule has 2 aromatic rings. The zero-order valence-corrected chi connectivity index (χ0v) is 13.0. The van der Waals surface area contributed by atoms with Crippen molar-refractivity contribution >= 4 is 35.0 Å². The van der Waals surface area contributed by atoms with Crippen molar-refractivity contribution in [1.29, 1.82) is 0 Å². The van der Waals surface area contributed by atoms with Crippen molar-refractivity contribution in [3.63, 3.8) is 0 Å². The molecule has 0 spiro atoms. The molecule has 0 aliphatic heterocycles. The van der Waals surface area contributed by atoms with Crippen LogP contribution in [0.5, 0.6) is 0 Å². The van der Waals surface area contributed by atoms with Gasteiger partial charge in [0.1, 0.15) is 5.82 Å². The molecule has 0 heterocycles. The highest BCUT2D eigenvalue weighted by molar-refractivity contribution is 7.99. The van der Waals surface area contributed by atoms with Gasteiger partial charge < -0.3 is 5.73 Å². The third kappa shape index (κ3) is 4.67. The van der Waals surface area contributed by atoms with E-state index in [4.69, 9.17) is 28.9 Å². The predicted octanol–water partition coefficient (Wildman–Crippen LogP) is 4.79. The van der Waals surface area contributed by atoms with Gasteiger partial charge in [0.25, 0.3) is 0 Å². The van der Waals surface area contributed by atoms with E-state index in [1.807, 2.05) is 24.3 Å². The Morgan fingerprint density at radius 3 is 2.45 bits per heavy atom. The lowest BCUT2D eigenvalue weighted by Gasteiger charge is -2.11. The zero-order valence-electron chi connectivity index (χ0n) is 10.7. The van der Waals surface area contributed by atoms with Crippen molar-refractivity contribution < 1.29 is 4.39 Å². The van der Waals surface area contributed by atoms with Gasteiger partial charge in [0.05, 0.1) is 5.02 Å². The fourth-order valence-corrected chi connectivity index (χ4v) is 2.86. The highest BCUT2D eigenvalue weighted by Crippen LogP contribution is 2.22. The maximum Gasteiger partial charge on any atom is 0.142 e. The maximum atomic E-state index is 13.3. The molecule has 20 heavy (non-hydrogen) atoms. The highest BCUT2D eigenvalue weighted by atomic mass is 35.5. The third-order valence-corrected chi connectivity index (χ3v) is 4.52. The number of hydrogen-bond donors (Lipinski definition) is 1. The minimum absolute atomic E-state index is 0.0451. The van der Waals surface area contributed by atoms with Crippen LogP contribution in [-0.2, 0) is 6.42 Å². The summed E-state index contributed by atoms with van der Waals surface area (Å²) in [7, 11) is 0. The number of hydrogen-bond acceptors (Lipinski definition) is 2. The lowest BCUT2D eigenvalue weighted by atomic mass is 10.1. The van der Waals surface area contributed by atoms with Crippen LogP contribution in [0, 0.1) is 5.82 Å². The third-order valence-electron chi connectivity index (χ3n) is 2.76. The molecule has 2 N–H and O–H groups in total. The first kappa shape index (κ1) is 15.6. The predicted molar refractivity (Wildman–Crippen MR) is 85.3 cm³/mol. The first-order chi connectivity index (χ1) is 9.54. The largest absolute Gasteiger partial charge is 0.327 e. The summed E-state index contributed by atoms with van der Waals surface area (Å²) in [5.74, 6) is 0.355. The second kappa shape index (κ2) is 7.32. The molecule has 2 aromatic carbocycles. The van der Waals surface area contributed by atoms with Gasteiger partial charge in [-0.3, -0.25) is 0 Å². The maximum absolute atomic E-state index is 13.3. The Hall–Kier alpha value is -0.740. The molecule has 0 radical (unpaired) electrons. The molecule has 0 aliphatic carbocycles. The summed E-state index contributed by atoms with van der Waals surface area (Å²) in [4.78, 5) is 1.12. The fourth-order valence-electron chi connectivity index (χ4n) is 1.76. The summed E-state index contributed by atoms with van der Waals surface area (Å²) in [5.41, 5.74) is 6.93. The standard InChI is InChI=1S/C15H14Cl2FNS/c16-11-2-4-13(5-3-11)20-9-12(19)7-10-1-6-14(17)15(18)8-10/h1-6,8,12H,7,9,19H2. The van der Waals surface area contributed by atoms with E-state index in [0.717, 1.165) is 21.2 Å². The lowest BCUT2D eigenvalue weighted by molar-refractivity contribution is 0.623. The van der Waals surface area contributed by atoms with Gasteiger partial charge in [-0.05, 0) is 48.4 Å². The minimum Gasteiger partial charge on any atom is -0.327 e. The summed E-state index contributed by atoms with van der Waals surface area (Å²) in [6.07, 6.45) is 0.620. The van der Waals surface area contributed by atoms with Crippen LogP contribution < -0.4 is 5.73 Å². The monoisotopic (exact) mass is 329 g/mol. The van der Waals surface area contributed by atoms with E-state index in [9.17, 15) is 4.39 Å². The summed E-state index contributed by atoms with van der Waals surface area (Å²) in [6, 6.07) is 12.4. The van der Waals surface area contributed by atoms with Crippen LogP contribution in [-0.4, -0.2) is 11.8 Å². The van der Waals surface area contributed by atoms with Gasteiger partial charge in [-0.2, -0.15) is 0 Å². The molecule has 0 amide bonds. The summed E-state index contributed by atoms with van der Waals surface area (Å²) >= 11 is 13.1. The Labute approximate surface area is 132 Å². The molecule has 1 atom stereocenters. The summed E-state index contributed by atoms with van der Waals surface area (Å²) in [5, 5.41) is 0.855. The number of rotatable bonds is 5. The van der Waals surface area contributed by atoms with E-state index in [-0.39, 0.29) is 11.1 Å². The van der Waals surface area contributed by atoms with Gasteiger partial charge in [0.15, 0.2) is 0 Å². The van der Waals surface area contributed by atoms with Gasteiger partial charge >= 0.3 is 0 Å². The smallest absolute Gasteiger partial charge is 0.142 e. The van der Waals surface area contributed by atoms with Crippen LogP contribution in [0.15, 0.2) is 47.4 Å². The molecule has 0 fully saturated rings. The second-order valence-electron chi connectivity index (χ2n) is 4.48. The first-order valence-electron chi connectivity index (χ1n) is 6.12. The van der Waals surface area contributed by atoms with Gasteiger partial charge in [-0.25, -0.2) is 4.39 Å². The average molecular weight is 330 g/mol. The molecule has 2 rings (SSSR count). The normalized spacial score (nSPS) is 12.4. The average Bonchev–Trinajstić information content (AvgIpc) is 2.42. The number of thioether (sulfide) groups is 1. The SMILES string of the molecule is NC(CSc1ccc(Cl)cc1)Cc1ccc(Cl)c(F)c1. The van der Waals surface area contributed by atoms with Crippen LogP contribution in [0.25, 0.3) is 0 Å². The number of nitrogens with two attached hydrogens (primary N) is 1. The Balaban J connectivity index is 1.87. The molecule has 0 bridgehead atoms. The molecular formula is C15H14Cl2FNS. The molecule has 1 nitrogen and oxygen atoms in total. The van der Waals surface area contributed by atoms with E-state index < -0.39 is 5.82 Å². The van der Waals surface area contributed by atoms with Crippen molar-refractivity contribution in [3.8, 4) is 0 Å². The Morgan fingerprint density at radius 2 is 1.80 bits per heavy atom. The summed E-state index contributed by atoms with van der Waals surface area (Å²) in [6.45, 7) is 0. The Morgan fingerprint density at radius 1 is 1.10 bits per heavy atom. The molecule has 1 unspecified atom stereocenters. The highest BCUT2D eigenvalue weighted by Gasteiger charge is 2.07. The van der Waals surface area contributed by atoms with Crippen LogP contribution in [0.2, 0.25) is 10.0 Å². The van der Waals surface area contributed by atoms with Crippen LogP contribution in [0.4, 0.5) is 4.39 Å². The van der Waals surface area contributed by atoms with Crippen LogP contribution >= 0.6 is 35.0 Å². The van der Waals surface area contributed by atoms with Crippen molar-refractivity contribution in [2.75, 3.05) is 5.75 Å². The lowest BCUT2D eigenvalue weighted by Crippen LogP contribution is -2.25. The minimum atomic E-state index is -0.401. The summed E-state index contributed by atoms with van der Waals surface area (Å²) < 4.78 is 13.3. The molecule has 0 saturated carbocycles. The zero-order chi connectivity index (χ0) is 14.5. The van der Waals surface area contributed by atoms with E-state index >= 15 is 0 Å². The van der Waals surface area contributed by atoms with Gasteiger partial charge in [-0.15, -0.1) is 11.8 Å². The Kier molecular flexibility index (Phi) is 5.73. The van der Waals surface area contributed by atoms with E-state index in [1.165, 1.54) is 6.07 Å². The van der Waals surface area contributed by atoms with E-state index in [0.29, 0.717) is 6.42 Å². The molecule has 0 aliphatic rings. The van der Waals surface area contributed by atoms with Crippen LogP contribution in [0.1, 0.15) is 5.56 Å². The van der Waals surface area contributed by atoms with Gasteiger partial charge in [0.2, 0.25) is 0 Å². The molecule has 0 saturated heterocycles. The first-order valence-corrected chi connectivity index (χ1v) is 7.86. The van der Waals surface area contributed by atoms with Gasteiger partial charge in [-0.1, -0.05) is 29.3 Å². The van der Waals surface area contributed by atoms with Crippen LogP contribution in [0.3, 0.4) is 0 Å². The molecule has 5 heteroatoms. The topological polar surface area (TPSA) is 26.0 Å². The number of benzene rings is 2. The molecule has 106 valence electrons. The fraction of sp³-hybridized carbons (Fsp3) is 0.200. The number of halogens is 3. The quantitative estimate of drug-likeness (QED) is 0.798. The second-order valence-corrected chi connectivity index (χ2v) is 6.41. The molecule has 0 aromatic heterocycles. The van der Waals surface area contributed by atoms with E-state index in [2.05, 4.69) is 0 Å². The van der Waals surface area contributed by atoms with Crippen molar-refractivity contribution in [3.05, 3.63) is 63.9 Å². The van der Waals surface area contributed by atoms with Crippen molar-refractivity contribution in [2.45, 2.75) is 17.4 Å². The Bertz CT molecular complexity index is 575.